The first-order valence-electron chi connectivity index (χ1n) is 7.97. The standard InChI is InChI=1S/C17H25N3O/c1-12-10-13(2)16-15(11-12)19-17(21-16)14-4-8-20(9-5-14)7-3-6-18/h10-11,14H,3-9,18H2,1-2H3. The highest BCUT2D eigenvalue weighted by atomic mass is 16.3. The van der Waals surface area contributed by atoms with E-state index in [-0.39, 0.29) is 0 Å². The zero-order valence-electron chi connectivity index (χ0n) is 13.1. The molecule has 1 aromatic heterocycles. The molecule has 0 amide bonds. The Balaban J connectivity index is 1.72. The Morgan fingerprint density at radius 3 is 2.76 bits per heavy atom. The van der Waals surface area contributed by atoms with Gasteiger partial charge >= 0.3 is 0 Å². The number of nitrogens with zero attached hydrogens (tertiary/aromatic N) is 2. The van der Waals surface area contributed by atoms with Crippen molar-refractivity contribution in [3.05, 3.63) is 29.2 Å². The molecule has 1 saturated heterocycles. The maximum atomic E-state index is 6.06. The van der Waals surface area contributed by atoms with Crippen molar-refractivity contribution in [1.29, 1.82) is 0 Å². The number of piperidine rings is 1. The third kappa shape index (κ3) is 3.11. The van der Waals surface area contributed by atoms with E-state index in [4.69, 9.17) is 15.1 Å². The molecule has 21 heavy (non-hydrogen) atoms. The molecule has 1 aromatic carbocycles. The molecule has 2 heterocycles. The number of nitrogens with two attached hydrogens (primary N) is 1. The van der Waals surface area contributed by atoms with Crippen LogP contribution in [0, 0.1) is 13.8 Å². The molecule has 1 fully saturated rings. The lowest BCUT2D eigenvalue weighted by Gasteiger charge is -2.30. The van der Waals surface area contributed by atoms with Crippen molar-refractivity contribution in [2.24, 2.45) is 5.73 Å². The van der Waals surface area contributed by atoms with Gasteiger partial charge in [-0.15, -0.1) is 0 Å². The van der Waals surface area contributed by atoms with E-state index in [9.17, 15) is 0 Å². The molecule has 114 valence electrons. The molecular weight excluding hydrogens is 262 g/mol. The van der Waals surface area contributed by atoms with Gasteiger partial charge in [0.15, 0.2) is 11.5 Å². The average Bonchev–Trinajstić information content (AvgIpc) is 2.90. The van der Waals surface area contributed by atoms with Gasteiger partial charge in [0.2, 0.25) is 0 Å². The summed E-state index contributed by atoms with van der Waals surface area (Å²) in [5.41, 5.74) is 9.98. The van der Waals surface area contributed by atoms with Gasteiger partial charge in [-0.2, -0.15) is 0 Å². The highest BCUT2D eigenvalue weighted by Crippen LogP contribution is 2.31. The molecule has 2 aromatic rings. The second-order valence-corrected chi connectivity index (χ2v) is 6.24. The molecule has 0 aliphatic carbocycles. The van der Waals surface area contributed by atoms with Crippen molar-refractivity contribution >= 4 is 11.1 Å². The highest BCUT2D eigenvalue weighted by molar-refractivity contribution is 5.77. The lowest BCUT2D eigenvalue weighted by atomic mass is 9.97. The first-order valence-corrected chi connectivity index (χ1v) is 7.97. The van der Waals surface area contributed by atoms with Gasteiger partial charge in [0.25, 0.3) is 0 Å². The summed E-state index contributed by atoms with van der Waals surface area (Å²) in [7, 11) is 0. The van der Waals surface area contributed by atoms with Gasteiger partial charge in [-0.3, -0.25) is 0 Å². The van der Waals surface area contributed by atoms with Gasteiger partial charge in [0.05, 0.1) is 0 Å². The number of fused-ring (bicyclic) bond motifs is 1. The molecule has 4 heteroatoms. The SMILES string of the molecule is Cc1cc(C)c2oc(C3CCN(CCCN)CC3)nc2c1. The molecule has 3 rings (SSSR count). The second kappa shape index (κ2) is 6.16. The predicted molar refractivity (Wildman–Crippen MR) is 85.6 cm³/mol. The lowest BCUT2D eigenvalue weighted by molar-refractivity contribution is 0.200. The minimum atomic E-state index is 0.464. The molecule has 0 spiro atoms. The minimum absolute atomic E-state index is 0.464. The van der Waals surface area contributed by atoms with Crippen molar-refractivity contribution in [2.75, 3.05) is 26.2 Å². The Morgan fingerprint density at radius 1 is 1.29 bits per heavy atom. The van der Waals surface area contributed by atoms with E-state index in [0.29, 0.717) is 5.92 Å². The third-order valence-electron chi connectivity index (χ3n) is 4.45. The lowest BCUT2D eigenvalue weighted by Crippen LogP contribution is -2.34. The zero-order chi connectivity index (χ0) is 14.8. The van der Waals surface area contributed by atoms with E-state index >= 15 is 0 Å². The highest BCUT2D eigenvalue weighted by Gasteiger charge is 2.24. The topological polar surface area (TPSA) is 55.3 Å². The predicted octanol–water partition coefficient (Wildman–Crippen LogP) is 2.97. The quantitative estimate of drug-likeness (QED) is 0.939. The normalized spacial score (nSPS) is 17.7. The fraction of sp³-hybridized carbons (Fsp3) is 0.588. The van der Waals surface area contributed by atoms with Crippen molar-refractivity contribution in [2.45, 2.75) is 39.0 Å². The van der Waals surface area contributed by atoms with Gasteiger partial charge in [-0.05, 0) is 76.5 Å². The largest absolute Gasteiger partial charge is 0.440 e. The number of aryl methyl sites for hydroxylation is 2. The Bertz CT molecular complexity index is 612. The molecule has 0 bridgehead atoms. The van der Waals surface area contributed by atoms with Crippen LogP contribution in [0.2, 0.25) is 0 Å². The Morgan fingerprint density at radius 2 is 2.05 bits per heavy atom. The van der Waals surface area contributed by atoms with Crippen LogP contribution in [0.15, 0.2) is 16.5 Å². The summed E-state index contributed by atoms with van der Waals surface area (Å²) in [6.45, 7) is 8.36. The Hall–Kier alpha value is -1.39. The van der Waals surface area contributed by atoms with E-state index in [2.05, 4.69) is 30.9 Å². The first-order chi connectivity index (χ1) is 10.2. The van der Waals surface area contributed by atoms with Crippen molar-refractivity contribution in [1.82, 2.24) is 9.88 Å². The van der Waals surface area contributed by atoms with Gasteiger partial charge in [0, 0.05) is 5.92 Å². The molecule has 0 saturated carbocycles. The van der Waals surface area contributed by atoms with Crippen LogP contribution in [0.3, 0.4) is 0 Å². The number of hydrogen-bond acceptors (Lipinski definition) is 4. The summed E-state index contributed by atoms with van der Waals surface area (Å²) >= 11 is 0. The fourth-order valence-corrected chi connectivity index (χ4v) is 3.29. The number of benzene rings is 1. The number of aromatic nitrogens is 1. The maximum Gasteiger partial charge on any atom is 0.198 e. The molecule has 4 nitrogen and oxygen atoms in total. The molecule has 0 radical (unpaired) electrons. The van der Waals surface area contributed by atoms with Crippen LogP contribution >= 0.6 is 0 Å². The van der Waals surface area contributed by atoms with Crippen molar-refractivity contribution < 1.29 is 4.42 Å². The molecule has 0 atom stereocenters. The summed E-state index contributed by atoms with van der Waals surface area (Å²) in [5, 5.41) is 0. The summed E-state index contributed by atoms with van der Waals surface area (Å²) in [6.07, 6.45) is 3.36. The summed E-state index contributed by atoms with van der Waals surface area (Å²) in [4.78, 5) is 7.24. The van der Waals surface area contributed by atoms with Crippen molar-refractivity contribution in [3.8, 4) is 0 Å². The van der Waals surface area contributed by atoms with Crippen molar-refractivity contribution in [3.63, 3.8) is 0 Å². The number of likely N-dealkylation sites (tertiary alicyclic amines) is 1. The van der Waals surface area contributed by atoms with Crippen LogP contribution in [0.5, 0.6) is 0 Å². The van der Waals surface area contributed by atoms with Gasteiger partial charge in [-0.25, -0.2) is 4.98 Å². The van der Waals surface area contributed by atoms with Crippen LogP contribution in [0.1, 0.15) is 42.2 Å². The number of hydrogen-bond donors (Lipinski definition) is 1. The Kier molecular flexibility index (Phi) is 4.27. The van der Waals surface area contributed by atoms with Crippen LogP contribution in [-0.4, -0.2) is 36.1 Å². The van der Waals surface area contributed by atoms with Crippen LogP contribution in [0.25, 0.3) is 11.1 Å². The summed E-state index contributed by atoms with van der Waals surface area (Å²) < 4.78 is 6.06. The molecule has 1 aliphatic rings. The van der Waals surface area contributed by atoms with Gasteiger partial charge in [0.1, 0.15) is 5.52 Å². The monoisotopic (exact) mass is 287 g/mol. The zero-order valence-corrected chi connectivity index (χ0v) is 13.1. The van der Waals surface area contributed by atoms with Crippen LogP contribution in [0.4, 0.5) is 0 Å². The second-order valence-electron chi connectivity index (χ2n) is 6.24. The first kappa shape index (κ1) is 14.5. The van der Waals surface area contributed by atoms with E-state index in [1.165, 1.54) is 11.1 Å². The number of oxazole rings is 1. The minimum Gasteiger partial charge on any atom is -0.440 e. The van der Waals surface area contributed by atoms with E-state index in [1.54, 1.807) is 0 Å². The summed E-state index contributed by atoms with van der Waals surface area (Å²) in [5.74, 6) is 1.39. The molecule has 2 N–H and O–H groups in total. The van der Waals surface area contributed by atoms with Crippen LogP contribution in [-0.2, 0) is 0 Å². The van der Waals surface area contributed by atoms with Crippen LogP contribution < -0.4 is 5.73 Å². The smallest absolute Gasteiger partial charge is 0.198 e. The molecular formula is C17H25N3O. The summed E-state index contributed by atoms with van der Waals surface area (Å²) in [6, 6.07) is 4.28. The van der Waals surface area contributed by atoms with Gasteiger partial charge < -0.3 is 15.1 Å². The average molecular weight is 287 g/mol. The van der Waals surface area contributed by atoms with E-state index in [0.717, 1.165) is 62.4 Å². The Labute approximate surface area is 126 Å². The van der Waals surface area contributed by atoms with E-state index in [1.807, 2.05) is 0 Å². The van der Waals surface area contributed by atoms with Gasteiger partial charge in [-0.1, -0.05) is 6.07 Å². The molecule has 1 aliphatic heterocycles. The van der Waals surface area contributed by atoms with E-state index < -0.39 is 0 Å². The maximum absolute atomic E-state index is 6.06. The third-order valence-corrected chi connectivity index (χ3v) is 4.45. The number of rotatable bonds is 4. The fourth-order valence-electron chi connectivity index (χ4n) is 3.29. The molecule has 0 unspecified atom stereocenters.